The molecule has 0 fully saturated rings. The molecule has 0 amide bonds. The molecule has 4 nitrogen and oxygen atoms in total. The summed E-state index contributed by atoms with van der Waals surface area (Å²) < 4.78 is 1.28. The number of hydrogen-bond acceptors (Lipinski definition) is 4. The van der Waals surface area contributed by atoms with Crippen LogP contribution in [0.1, 0.15) is 11.1 Å². The van der Waals surface area contributed by atoms with Crippen molar-refractivity contribution in [3.8, 4) is 10.6 Å². The van der Waals surface area contributed by atoms with Crippen molar-refractivity contribution in [1.82, 2.24) is 9.78 Å². The smallest absolute Gasteiger partial charge is 0.206 e. The highest BCUT2D eigenvalue weighted by Crippen LogP contribution is 2.23. The zero-order chi connectivity index (χ0) is 16.6. The van der Waals surface area contributed by atoms with Gasteiger partial charge in [-0.05, 0) is 31.2 Å². The van der Waals surface area contributed by atoms with Gasteiger partial charge in [-0.25, -0.2) is 0 Å². The molecular weight excluding hydrogens is 351 g/mol. The molecule has 2 aromatic carbocycles. The van der Waals surface area contributed by atoms with Crippen LogP contribution in [0.25, 0.3) is 10.6 Å². The van der Waals surface area contributed by atoms with E-state index in [2.05, 4.69) is 5.10 Å². The molecule has 23 heavy (non-hydrogen) atoms. The molecule has 0 atom stereocenters. The van der Waals surface area contributed by atoms with Crippen LogP contribution in [-0.2, 0) is 0 Å². The van der Waals surface area contributed by atoms with Gasteiger partial charge >= 0.3 is 0 Å². The van der Waals surface area contributed by atoms with E-state index in [9.17, 15) is 0 Å². The number of aryl methyl sites for hydroxylation is 1. The van der Waals surface area contributed by atoms with E-state index in [0.29, 0.717) is 20.6 Å². The molecule has 3 aromatic rings. The third-order valence-electron chi connectivity index (χ3n) is 3.24. The van der Waals surface area contributed by atoms with Gasteiger partial charge in [-0.1, -0.05) is 58.3 Å². The van der Waals surface area contributed by atoms with Crippen molar-refractivity contribution in [2.75, 3.05) is 0 Å². The fourth-order valence-corrected chi connectivity index (χ4v) is 3.40. The summed E-state index contributed by atoms with van der Waals surface area (Å²) in [5.41, 5.74) is 2.53. The minimum atomic E-state index is 0.0480. The van der Waals surface area contributed by atoms with Gasteiger partial charge in [0.15, 0.2) is 5.84 Å². The standard InChI is InChI=1S/C16H12Cl2N4S/c1-9-3-2-4-10(7-9)15-21-22(16(20)23-15)14(19)12-6-5-11(17)8-13(12)18/h2-8,19-20H,1H3. The SMILES string of the molecule is Cc1cccc(-c2nn(C(=N)c3ccc(Cl)cc3Cl)c(=N)s2)c1. The molecule has 116 valence electrons. The van der Waals surface area contributed by atoms with Gasteiger partial charge in [0.25, 0.3) is 0 Å². The summed E-state index contributed by atoms with van der Waals surface area (Å²) in [4.78, 5) is 0.164. The maximum Gasteiger partial charge on any atom is 0.206 e. The van der Waals surface area contributed by atoms with E-state index in [0.717, 1.165) is 11.1 Å². The number of rotatable bonds is 2. The highest BCUT2D eigenvalue weighted by Gasteiger charge is 2.14. The fourth-order valence-electron chi connectivity index (χ4n) is 2.13. The highest BCUT2D eigenvalue weighted by atomic mass is 35.5. The van der Waals surface area contributed by atoms with Crippen LogP contribution in [0, 0.1) is 17.7 Å². The molecule has 1 heterocycles. The Morgan fingerprint density at radius 2 is 1.96 bits per heavy atom. The monoisotopic (exact) mass is 362 g/mol. The van der Waals surface area contributed by atoms with Gasteiger partial charge in [0.1, 0.15) is 5.01 Å². The summed E-state index contributed by atoms with van der Waals surface area (Å²) in [5, 5.41) is 22.3. The molecule has 2 N–H and O–H groups in total. The average Bonchev–Trinajstić information content (AvgIpc) is 2.89. The van der Waals surface area contributed by atoms with Gasteiger partial charge in [-0.15, -0.1) is 0 Å². The second-order valence-corrected chi connectivity index (χ2v) is 6.79. The van der Waals surface area contributed by atoms with Crippen LogP contribution in [0.4, 0.5) is 0 Å². The third kappa shape index (κ3) is 3.22. The molecule has 3 rings (SSSR count). The Morgan fingerprint density at radius 1 is 1.17 bits per heavy atom. The quantitative estimate of drug-likeness (QED) is 0.508. The van der Waals surface area contributed by atoms with Gasteiger partial charge in [0, 0.05) is 16.1 Å². The topological polar surface area (TPSA) is 65.5 Å². The first-order chi connectivity index (χ1) is 11.0. The number of halogens is 2. The number of nitrogens with one attached hydrogen (secondary N) is 2. The molecular formula is C16H12Cl2N4S. The summed E-state index contributed by atoms with van der Waals surface area (Å²) >= 11 is 13.2. The van der Waals surface area contributed by atoms with Crippen LogP contribution in [0.15, 0.2) is 42.5 Å². The maximum absolute atomic E-state index is 8.30. The van der Waals surface area contributed by atoms with E-state index >= 15 is 0 Å². The van der Waals surface area contributed by atoms with Crippen LogP contribution in [0.5, 0.6) is 0 Å². The lowest BCUT2D eigenvalue weighted by atomic mass is 10.1. The highest BCUT2D eigenvalue weighted by molar-refractivity contribution is 7.12. The predicted octanol–water partition coefficient (Wildman–Crippen LogP) is 4.58. The first-order valence-electron chi connectivity index (χ1n) is 6.72. The molecule has 0 bridgehead atoms. The van der Waals surface area contributed by atoms with Gasteiger partial charge in [0.2, 0.25) is 4.80 Å². The Morgan fingerprint density at radius 3 is 2.65 bits per heavy atom. The second kappa shape index (κ2) is 6.28. The molecule has 0 aliphatic heterocycles. The van der Waals surface area contributed by atoms with E-state index in [1.807, 2.05) is 31.2 Å². The lowest BCUT2D eigenvalue weighted by Gasteiger charge is -2.06. The van der Waals surface area contributed by atoms with E-state index in [1.165, 1.54) is 16.0 Å². The van der Waals surface area contributed by atoms with Crippen LogP contribution in [-0.4, -0.2) is 15.6 Å². The molecule has 1 aromatic heterocycles. The molecule has 0 radical (unpaired) electrons. The normalized spacial score (nSPS) is 10.7. The Kier molecular flexibility index (Phi) is 4.35. The number of aromatic nitrogens is 2. The average molecular weight is 363 g/mol. The molecule has 0 saturated carbocycles. The maximum atomic E-state index is 8.30. The molecule has 0 spiro atoms. The first-order valence-corrected chi connectivity index (χ1v) is 8.29. The summed E-state index contributed by atoms with van der Waals surface area (Å²) in [6.45, 7) is 2.00. The Balaban J connectivity index is 2.04. The Bertz CT molecular complexity index is 959. The van der Waals surface area contributed by atoms with Gasteiger partial charge in [-0.2, -0.15) is 9.78 Å². The summed E-state index contributed by atoms with van der Waals surface area (Å²) in [6, 6.07) is 12.8. The van der Waals surface area contributed by atoms with Crippen LogP contribution in [0.3, 0.4) is 0 Å². The van der Waals surface area contributed by atoms with Crippen LogP contribution < -0.4 is 4.80 Å². The molecule has 0 unspecified atom stereocenters. The van der Waals surface area contributed by atoms with Crippen molar-refractivity contribution in [3.05, 3.63) is 68.4 Å². The summed E-state index contributed by atoms with van der Waals surface area (Å²) in [6.07, 6.45) is 0. The number of hydrogen-bond donors (Lipinski definition) is 2. The van der Waals surface area contributed by atoms with E-state index in [-0.39, 0.29) is 10.6 Å². The van der Waals surface area contributed by atoms with Gasteiger partial charge in [0.05, 0.1) is 5.02 Å². The zero-order valence-corrected chi connectivity index (χ0v) is 14.4. The van der Waals surface area contributed by atoms with Crippen LogP contribution in [0.2, 0.25) is 10.0 Å². The lowest BCUT2D eigenvalue weighted by Crippen LogP contribution is -2.24. The van der Waals surface area contributed by atoms with Crippen molar-refractivity contribution < 1.29 is 0 Å². The van der Waals surface area contributed by atoms with Gasteiger partial charge in [-0.3, -0.25) is 10.8 Å². The fraction of sp³-hybridized carbons (Fsp3) is 0.0625. The van der Waals surface area contributed by atoms with E-state index < -0.39 is 0 Å². The Hall–Kier alpha value is -1.95. The van der Waals surface area contributed by atoms with Crippen molar-refractivity contribution in [2.45, 2.75) is 6.92 Å². The lowest BCUT2D eigenvalue weighted by molar-refractivity contribution is 0.866. The van der Waals surface area contributed by atoms with Crippen molar-refractivity contribution >= 4 is 40.4 Å². The largest absolute Gasteiger partial charge is 0.282 e. The minimum absolute atomic E-state index is 0.0480. The van der Waals surface area contributed by atoms with Crippen molar-refractivity contribution in [3.63, 3.8) is 0 Å². The van der Waals surface area contributed by atoms with Crippen molar-refractivity contribution in [2.24, 2.45) is 0 Å². The first kappa shape index (κ1) is 15.9. The molecule has 0 aliphatic carbocycles. The van der Waals surface area contributed by atoms with Gasteiger partial charge < -0.3 is 0 Å². The second-order valence-electron chi connectivity index (χ2n) is 4.97. The molecule has 7 heteroatoms. The van der Waals surface area contributed by atoms with E-state index in [4.69, 9.17) is 34.0 Å². The summed E-state index contributed by atoms with van der Waals surface area (Å²) in [5.74, 6) is 0.0480. The van der Waals surface area contributed by atoms with Crippen molar-refractivity contribution in [1.29, 1.82) is 10.8 Å². The Labute approximate surface area is 147 Å². The molecule has 0 aliphatic rings. The molecule has 0 saturated heterocycles. The summed E-state index contributed by atoms with van der Waals surface area (Å²) in [7, 11) is 0. The predicted molar refractivity (Wildman–Crippen MR) is 94.8 cm³/mol. The third-order valence-corrected chi connectivity index (χ3v) is 4.66. The van der Waals surface area contributed by atoms with E-state index in [1.54, 1.807) is 18.2 Å². The van der Waals surface area contributed by atoms with Crippen LogP contribution >= 0.6 is 34.5 Å². The zero-order valence-electron chi connectivity index (χ0n) is 12.1. The number of benzene rings is 2. The minimum Gasteiger partial charge on any atom is -0.282 e. The number of nitrogens with zero attached hydrogens (tertiary/aromatic N) is 2.